The molecule has 214 valence electrons. The lowest BCUT2D eigenvalue weighted by Gasteiger charge is -2.07. The van der Waals surface area contributed by atoms with Gasteiger partial charge in [-0.25, -0.2) is 0 Å². The lowest BCUT2D eigenvalue weighted by atomic mass is 10.0. The predicted octanol–water partition coefficient (Wildman–Crippen LogP) is 13.4. The normalized spacial score (nSPS) is 10.0. The van der Waals surface area contributed by atoms with E-state index in [1.165, 1.54) is 101 Å². The number of benzene rings is 2. The van der Waals surface area contributed by atoms with Gasteiger partial charge in [0.25, 0.3) is 0 Å². The first-order chi connectivity index (χ1) is 19.0. The smallest absolute Gasteiger partial charge is 0.0374 e. The Hall–Kier alpha value is -2.16. The highest BCUT2D eigenvalue weighted by molar-refractivity contribution is 7.13. The summed E-state index contributed by atoms with van der Waals surface area (Å²) in [5, 5.41) is 7.12. The third-order valence-corrected chi connectivity index (χ3v) is 8.46. The first-order valence-electron chi connectivity index (χ1n) is 15.2. The van der Waals surface area contributed by atoms with E-state index in [4.69, 9.17) is 0 Å². The average Bonchev–Trinajstić information content (AvgIpc) is 3.59. The maximum absolute atomic E-state index is 3.36. The van der Waals surface area contributed by atoms with Crippen molar-refractivity contribution in [3.05, 3.63) is 93.5 Å². The van der Waals surface area contributed by atoms with Crippen LogP contribution in [0, 0.1) is 13.8 Å². The molecule has 2 aromatic carbocycles. The van der Waals surface area contributed by atoms with Crippen LogP contribution >= 0.6 is 22.7 Å². The largest absolute Gasteiger partial charge is 0.149 e. The predicted molar refractivity (Wildman–Crippen MR) is 184 cm³/mol. The second-order valence-corrected chi connectivity index (χ2v) is 11.9. The first kappa shape index (κ1) is 34.9. The van der Waals surface area contributed by atoms with E-state index in [0.29, 0.717) is 0 Å². The van der Waals surface area contributed by atoms with Gasteiger partial charge in [-0.1, -0.05) is 108 Å². The molecule has 2 heterocycles. The lowest BCUT2D eigenvalue weighted by Crippen LogP contribution is -1.87. The second-order valence-electron chi connectivity index (χ2n) is 9.87. The van der Waals surface area contributed by atoms with Crippen molar-refractivity contribution in [2.75, 3.05) is 0 Å². The molecule has 0 fully saturated rings. The molecular weight excluding hydrogens is 509 g/mol. The number of rotatable bonds is 11. The highest BCUT2D eigenvalue weighted by Gasteiger charge is 2.08. The summed E-state index contributed by atoms with van der Waals surface area (Å²) < 4.78 is 0. The van der Waals surface area contributed by atoms with Crippen LogP contribution < -0.4 is 0 Å². The fourth-order valence-corrected chi connectivity index (χ4v) is 6.16. The van der Waals surface area contributed by atoms with Crippen molar-refractivity contribution >= 4 is 33.4 Å². The summed E-state index contributed by atoms with van der Waals surface area (Å²) in [7, 11) is 0. The van der Waals surface area contributed by atoms with E-state index < -0.39 is 0 Å². The molecule has 0 bridgehead atoms. The van der Waals surface area contributed by atoms with Gasteiger partial charge in [-0.2, -0.15) is 0 Å². The van der Waals surface area contributed by atoms with Crippen molar-refractivity contribution in [2.24, 2.45) is 0 Å². The van der Waals surface area contributed by atoms with Gasteiger partial charge in [0.2, 0.25) is 0 Å². The summed E-state index contributed by atoms with van der Waals surface area (Å²) in [6, 6.07) is 18.2. The SMILES string of the molecule is C=CC.CC.CCCCCCc1ccsc1-c1ccc2ccc(C)cc2c1.CCCCCCc1ccsc1C. The van der Waals surface area contributed by atoms with Crippen LogP contribution in [0.1, 0.15) is 108 Å². The van der Waals surface area contributed by atoms with Crippen LogP contribution in [0.15, 0.2) is 71.9 Å². The van der Waals surface area contributed by atoms with Gasteiger partial charge < -0.3 is 0 Å². The molecule has 0 nitrogen and oxygen atoms in total. The van der Waals surface area contributed by atoms with Crippen LogP contribution in [-0.2, 0) is 12.8 Å². The molecule has 2 heteroatoms. The summed E-state index contributed by atoms with van der Waals surface area (Å²) in [5.74, 6) is 0. The molecular formula is C37H54S2. The molecule has 2 aromatic heterocycles. The van der Waals surface area contributed by atoms with Crippen LogP contribution in [0.2, 0.25) is 0 Å². The highest BCUT2D eigenvalue weighted by Crippen LogP contribution is 2.33. The fraction of sp³-hybridized carbons (Fsp3) is 0.459. The van der Waals surface area contributed by atoms with Crippen molar-refractivity contribution in [1.29, 1.82) is 0 Å². The zero-order valence-electron chi connectivity index (χ0n) is 25.9. The Morgan fingerprint density at radius 1 is 0.667 bits per heavy atom. The highest BCUT2D eigenvalue weighted by atomic mass is 32.1. The van der Waals surface area contributed by atoms with Crippen LogP contribution in [0.25, 0.3) is 21.2 Å². The van der Waals surface area contributed by atoms with Gasteiger partial charge in [0, 0.05) is 9.75 Å². The second kappa shape index (κ2) is 21.6. The minimum Gasteiger partial charge on any atom is -0.149 e. The number of unbranched alkanes of at least 4 members (excludes halogenated alkanes) is 6. The summed E-state index contributed by atoms with van der Waals surface area (Å²) >= 11 is 3.75. The van der Waals surface area contributed by atoms with E-state index in [9.17, 15) is 0 Å². The molecule has 0 unspecified atom stereocenters. The molecule has 0 saturated carbocycles. The van der Waals surface area contributed by atoms with Gasteiger partial charge in [0.05, 0.1) is 0 Å². The zero-order chi connectivity index (χ0) is 28.9. The third kappa shape index (κ3) is 13.2. The van der Waals surface area contributed by atoms with Gasteiger partial charge in [-0.3, -0.25) is 0 Å². The topological polar surface area (TPSA) is 0 Å². The van der Waals surface area contributed by atoms with E-state index in [1.54, 1.807) is 11.6 Å². The molecule has 0 aliphatic rings. The summed E-state index contributed by atoms with van der Waals surface area (Å²) in [5.41, 5.74) is 5.79. The van der Waals surface area contributed by atoms with Crippen molar-refractivity contribution in [3.8, 4) is 10.4 Å². The summed E-state index contributed by atoms with van der Waals surface area (Å²) in [6.45, 7) is 18.2. The van der Waals surface area contributed by atoms with Crippen molar-refractivity contribution < 1.29 is 0 Å². The van der Waals surface area contributed by atoms with E-state index in [0.717, 1.165) is 0 Å². The first-order valence-corrected chi connectivity index (χ1v) is 17.0. The quantitative estimate of drug-likeness (QED) is 0.126. The molecule has 4 aromatic rings. The van der Waals surface area contributed by atoms with Crippen LogP contribution in [0.4, 0.5) is 0 Å². The monoisotopic (exact) mass is 562 g/mol. The fourth-order valence-electron chi connectivity index (χ4n) is 4.45. The number of hydrogen-bond donors (Lipinski definition) is 0. The lowest BCUT2D eigenvalue weighted by molar-refractivity contribution is 0.666. The van der Waals surface area contributed by atoms with Crippen molar-refractivity contribution in [1.82, 2.24) is 0 Å². The average molecular weight is 563 g/mol. The molecule has 4 rings (SSSR count). The van der Waals surface area contributed by atoms with E-state index in [1.807, 2.05) is 43.4 Å². The van der Waals surface area contributed by atoms with Gasteiger partial charge in [0.15, 0.2) is 0 Å². The molecule has 0 saturated heterocycles. The van der Waals surface area contributed by atoms with Gasteiger partial charge >= 0.3 is 0 Å². The zero-order valence-corrected chi connectivity index (χ0v) is 27.6. The molecule has 0 radical (unpaired) electrons. The summed E-state index contributed by atoms with van der Waals surface area (Å²) in [4.78, 5) is 2.96. The standard InChI is InChI=1S/C21H24S.C11H18S.C3H6.C2H6/c1-3-4-5-6-7-18-12-13-22-21(18)19-11-10-17-9-8-16(2)14-20(17)15-19;1-3-4-5-6-7-11-8-9-12-10(11)2;1-3-2;1-2/h8-15H,3-7H2,1-2H3;8-9H,3-7H2,1-2H3;3H,1H2,2H3;1-2H3. The summed E-state index contributed by atoms with van der Waals surface area (Å²) in [6.07, 6.45) is 15.1. The van der Waals surface area contributed by atoms with Gasteiger partial charge in [0.1, 0.15) is 0 Å². The van der Waals surface area contributed by atoms with Gasteiger partial charge in [-0.05, 0) is 103 Å². The Bertz CT molecular complexity index is 1160. The van der Waals surface area contributed by atoms with Crippen molar-refractivity contribution in [2.45, 2.75) is 113 Å². The van der Waals surface area contributed by atoms with Crippen LogP contribution in [0.5, 0.6) is 0 Å². The maximum atomic E-state index is 3.36. The molecule has 0 N–H and O–H groups in total. The molecule has 0 aliphatic carbocycles. The van der Waals surface area contributed by atoms with Gasteiger partial charge in [-0.15, -0.1) is 29.3 Å². The third-order valence-electron chi connectivity index (χ3n) is 6.57. The number of thiophene rings is 2. The maximum Gasteiger partial charge on any atom is 0.0374 e. The molecule has 0 aliphatic heterocycles. The molecule has 0 spiro atoms. The van der Waals surface area contributed by atoms with Crippen LogP contribution in [0.3, 0.4) is 0 Å². The van der Waals surface area contributed by atoms with Crippen LogP contribution in [-0.4, -0.2) is 0 Å². The number of aryl methyl sites for hydroxylation is 4. The Morgan fingerprint density at radius 2 is 1.23 bits per heavy atom. The number of allylic oxidation sites excluding steroid dienone is 1. The number of fused-ring (bicyclic) bond motifs is 1. The van der Waals surface area contributed by atoms with E-state index >= 15 is 0 Å². The Morgan fingerprint density at radius 3 is 1.82 bits per heavy atom. The minimum absolute atomic E-state index is 1.21. The number of hydrogen-bond acceptors (Lipinski definition) is 2. The Balaban J connectivity index is 0.000000378. The Labute approximate surface area is 249 Å². The minimum atomic E-state index is 1.21. The molecule has 0 amide bonds. The van der Waals surface area contributed by atoms with E-state index in [2.05, 4.69) is 93.6 Å². The molecule has 39 heavy (non-hydrogen) atoms. The molecule has 0 atom stereocenters. The Kier molecular flexibility index (Phi) is 19.3. The van der Waals surface area contributed by atoms with Crippen molar-refractivity contribution in [3.63, 3.8) is 0 Å². The van der Waals surface area contributed by atoms with E-state index in [-0.39, 0.29) is 0 Å².